The minimum atomic E-state index is -4.77. The number of halogens is 3. The Balaban J connectivity index is 1.63. The Morgan fingerprint density at radius 3 is 2.66 bits per heavy atom. The number of hydrogen-bond acceptors (Lipinski definition) is 5. The van der Waals surface area contributed by atoms with Crippen molar-refractivity contribution < 1.29 is 27.5 Å². The fraction of sp³-hybridized carbons (Fsp3) is 0.444. The Morgan fingerprint density at radius 1 is 1.34 bits per heavy atom. The summed E-state index contributed by atoms with van der Waals surface area (Å²) in [6.07, 6.45) is -3.99. The molecule has 1 aliphatic rings. The van der Waals surface area contributed by atoms with Crippen LogP contribution in [0.4, 0.5) is 13.2 Å². The summed E-state index contributed by atoms with van der Waals surface area (Å²) in [6, 6.07) is 5.01. The summed E-state index contributed by atoms with van der Waals surface area (Å²) in [5.41, 5.74) is 0.550. The van der Waals surface area contributed by atoms with Crippen molar-refractivity contribution >= 4 is 11.8 Å². The van der Waals surface area contributed by atoms with E-state index in [1.165, 1.54) is 16.8 Å². The van der Waals surface area contributed by atoms with Crippen LogP contribution in [0.2, 0.25) is 0 Å². The highest BCUT2D eigenvalue weighted by Gasteiger charge is 2.32. The first kappa shape index (κ1) is 20.6. The molecule has 0 spiro atoms. The molecular weight excluding hydrogens is 391 g/mol. The van der Waals surface area contributed by atoms with Crippen LogP contribution in [-0.2, 0) is 13.1 Å². The third-order valence-electron chi connectivity index (χ3n) is 4.26. The summed E-state index contributed by atoms with van der Waals surface area (Å²) in [4.78, 5) is 24.8. The van der Waals surface area contributed by atoms with Crippen LogP contribution in [-0.4, -0.2) is 39.2 Å². The van der Waals surface area contributed by atoms with Crippen molar-refractivity contribution in [3.05, 3.63) is 41.2 Å². The van der Waals surface area contributed by atoms with E-state index < -0.39 is 18.2 Å². The van der Waals surface area contributed by atoms with Gasteiger partial charge in [-0.1, -0.05) is 31.2 Å². The van der Waals surface area contributed by atoms with Gasteiger partial charge in [-0.2, -0.15) is 0 Å². The SMILES string of the molecule is CC(C)CC1Cn2nnc(C(=O)NCc3ccc(OC(F)(F)F)cc3)c2C(=O)N1. The van der Waals surface area contributed by atoms with Gasteiger partial charge in [0.15, 0.2) is 11.4 Å². The van der Waals surface area contributed by atoms with Crippen molar-refractivity contribution in [1.29, 1.82) is 0 Å². The van der Waals surface area contributed by atoms with E-state index in [0.717, 1.165) is 18.6 Å². The first-order valence-corrected chi connectivity index (χ1v) is 8.99. The van der Waals surface area contributed by atoms with Crippen LogP contribution < -0.4 is 15.4 Å². The smallest absolute Gasteiger partial charge is 0.406 e. The molecule has 8 nitrogen and oxygen atoms in total. The van der Waals surface area contributed by atoms with Gasteiger partial charge in [-0.3, -0.25) is 9.59 Å². The number of amides is 2. The van der Waals surface area contributed by atoms with Crippen LogP contribution in [0.15, 0.2) is 24.3 Å². The third kappa shape index (κ3) is 5.24. The number of ether oxygens (including phenoxy) is 1. The molecule has 0 radical (unpaired) electrons. The highest BCUT2D eigenvalue weighted by molar-refractivity contribution is 6.05. The van der Waals surface area contributed by atoms with Gasteiger partial charge in [0, 0.05) is 12.6 Å². The molecule has 1 aromatic heterocycles. The summed E-state index contributed by atoms with van der Waals surface area (Å²) in [5.74, 6) is -0.973. The number of hydrogen-bond donors (Lipinski definition) is 2. The Morgan fingerprint density at radius 2 is 2.03 bits per heavy atom. The lowest BCUT2D eigenvalue weighted by Crippen LogP contribution is -2.46. The molecule has 1 atom stereocenters. The summed E-state index contributed by atoms with van der Waals surface area (Å²) >= 11 is 0. The molecule has 2 amide bonds. The molecule has 29 heavy (non-hydrogen) atoms. The molecular formula is C18H20F3N5O3. The van der Waals surface area contributed by atoms with E-state index >= 15 is 0 Å². The standard InChI is InChI=1S/C18H20F3N5O3/c1-10(2)7-12-9-26-15(17(28)23-12)14(24-25-26)16(27)22-8-11-3-5-13(6-4-11)29-18(19,20)21/h3-6,10,12H,7-9H2,1-2H3,(H,22,27)(H,23,28). The van der Waals surface area contributed by atoms with Gasteiger partial charge in [0.2, 0.25) is 0 Å². The second-order valence-electron chi connectivity index (χ2n) is 7.14. The number of fused-ring (bicyclic) bond motifs is 1. The highest BCUT2D eigenvalue weighted by atomic mass is 19.4. The number of aromatic nitrogens is 3. The zero-order valence-corrected chi connectivity index (χ0v) is 15.8. The van der Waals surface area contributed by atoms with E-state index in [0.29, 0.717) is 18.0 Å². The Hall–Kier alpha value is -3.11. The molecule has 0 fully saturated rings. The van der Waals surface area contributed by atoms with Gasteiger partial charge in [0.1, 0.15) is 5.75 Å². The number of nitrogens with zero attached hydrogens (tertiary/aromatic N) is 3. The molecule has 11 heteroatoms. The number of rotatable bonds is 6. The third-order valence-corrected chi connectivity index (χ3v) is 4.26. The maximum Gasteiger partial charge on any atom is 0.573 e. The van der Waals surface area contributed by atoms with Gasteiger partial charge in [-0.15, -0.1) is 18.3 Å². The number of nitrogens with one attached hydrogen (secondary N) is 2. The van der Waals surface area contributed by atoms with E-state index in [1.54, 1.807) is 0 Å². The number of carbonyl (C=O) groups is 2. The number of carbonyl (C=O) groups excluding carboxylic acids is 2. The van der Waals surface area contributed by atoms with Crippen LogP contribution in [0.3, 0.4) is 0 Å². The minimum Gasteiger partial charge on any atom is -0.406 e. The van der Waals surface area contributed by atoms with Gasteiger partial charge < -0.3 is 15.4 Å². The molecule has 2 N–H and O–H groups in total. The fourth-order valence-corrected chi connectivity index (χ4v) is 3.10. The molecule has 0 saturated carbocycles. The lowest BCUT2D eigenvalue weighted by molar-refractivity contribution is -0.274. The minimum absolute atomic E-state index is 0.0367. The van der Waals surface area contributed by atoms with E-state index in [-0.39, 0.29) is 29.7 Å². The molecule has 1 aliphatic heterocycles. The van der Waals surface area contributed by atoms with Crippen LogP contribution in [0, 0.1) is 5.92 Å². The van der Waals surface area contributed by atoms with Crippen molar-refractivity contribution in [2.45, 2.75) is 45.8 Å². The zero-order chi connectivity index (χ0) is 21.2. The van der Waals surface area contributed by atoms with Gasteiger partial charge in [-0.05, 0) is 30.0 Å². The van der Waals surface area contributed by atoms with Crippen molar-refractivity contribution in [1.82, 2.24) is 25.6 Å². The number of benzene rings is 1. The van der Waals surface area contributed by atoms with Crippen molar-refractivity contribution in [2.75, 3.05) is 0 Å². The zero-order valence-electron chi connectivity index (χ0n) is 15.8. The molecule has 0 saturated heterocycles. The second-order valence-corrected chi connectivity index (χ2v) is 7.14. The monoisotopic (exact) mass is 411 g/mol. The first-order chi connectivity index (χ1) is 13.6. The van der Waals surface area contributed by atoms with E-state index in [1.807, 2.05) is 13.8 Å². The average Bonchev–Trinajstić information content (AvgIpc) is 3.03. The van der Waals surface area contributed by atoms with Gasteiger partial charge in [0.05, 0.1) is 6.54 Å². The predicted octanol–water partition coefficient (Wildman–Crippen LogP) is 2.26. The van der Waals surface area contributed by atoms with Crippen LogP contribution in [0.5, 0.6) is 5.75 Å². The maximum absolute atomic E-state index is 12.4. The van der Waals surface area contributed by atoms with Crippen LogP contribution in [0.25, 0.3) is 0 Å². The topological polar surface area (TPSA) is 98.1 Å². The fourth-order valence-electron chi connectivity index (χ4n) is 3.10. The van der Waals surface area contributed by atoms with Crippen LogP contribution >= 0.6 is 0 Å². The molecule has 156 valence electrons. The highest BCUT2D eigenvalue weighted by Crippen LogP contribution is 2.23. The van der Waals surface area contributed by atoms with Gasteiger partial charge in [-0.25, -0.2) is 4.68 Å². The average molecular weight is 411 g/mol. The van der Waals surface area contributed by atoms with E-state index in [2.05, 4.69) is 25.7 Å². The lowest BCUT2D eigenvalue weighted by Gasteiger charge is -2.25. The molecule has 1 unspecified atom stereocenters. The van der Waals surface area contributed by atoms with Crippen molar-refractivity contribution in [2.24, 2.45) is 5.92 Å². The lowest BCUT2D eigenvalue weighted by atomic mass is 10.0. The summed E-state index contributed by atoms with van der Waals surface area (Å²) in [7, 11) is 0. The molecule has 1 aromatic carbocycles. The quantitative estimate of drug-likeness (QED) is 0.760. The van der Waals surface area contributed by atoms with E-state index in [4.69, 9.17) is 0 Å². The van der Waals surface area contributed by atoms with Gasteiger partial charge >= 0.3 is 6.36 Å². The molecule has 3 rings (SSSR count). The summed E-state index contributed by atoms with van der Waals surface area (Å²) in [6.45, 7) is 4.56. The second kappa shape index (κ2) is 8.10. The Bertz CT molecular complexity index is 893. The van der Waals surface area contributed by atoms with Gasteiger partial charge in [0.25, 0.3) is 11.8 Å². The number of alkyl halides is 3. The normalized spacial score (nSPS) is 16.3. The Labute approximate surface area is 164 Å². The summed E-state index contributed by atoms with van der Waals surface area (Å²) in [5, 5.41) is 13.2. The first-order valence-electron chi connectivity index (χ1n) is 8.99. The van der Waals surface area contributed by atoms with E-state index in [9.17, 15) is 22.8 Å². The largest absolute Gasteiger partial charge is 0.573 e. The van der Waals surface area contributed by atoms with Crippen LogP contribution in [0.1, 0.15) is 46.8 Å². The molecule has 0 aliphatic carbocycles. The predicted molar refractivity (Wildman–Crippen MR) is 95.0 cm³/mol. The van der Waals surface area contributed by atoms with Crippen molar-refractivity contribution in [3.8, 4) is 5.75 Å². The molecule has 2 aromatic rings. The summed E-state index contributed by atoms with van der Waals surface area (Å²) < 4.78 is 41.8. The molecule has 0 bridgehead atoms. The maximum atomic E-state index is 12.4. The molecule has 2 heterocycles. The van der Waals surface area contributed by atoms with Crippen molar-refractivity contribution in [3.63, 3.8) is 0 Å². The Kier molecular flexibility index (Phi) is 5.76.